The quantitative estimate of drug-likeness (QED) is 0.823. The number of likely N-dealkylation sites (tertiary alicyclic amines) is 1. The molecule has 0 radical (unpaired) electrons. The molecule has 0 unspecified atom stereocenters. The molecule has 1 aliphatic heterocycles. The van der Waals surface area contributed by atoms with Gasteiger partial charge in [0.25, 0.3) is 5.91 Å². The smallest absolute Gasteiger partial charge is 0.257 e. The lowest BCUT2D eigenvalue weighted by Gasteiger charge is -2.31. The van der Waals surface area contributed by atoms with Gasteiger partial charge in [-0.1, -0.05) is 0 Å². The van der Waals surface area contributed by atoms with Gasteiger partial charge in [0.1, 0.15) is 5.82 Å². The Morgan fingerprint density at radius 2 is 2.29 bits per heavy atom. The molecule has 0 spiro atoms. The molecule has 14 heavy (non-hydrogen) atoms. The maximum atomic E-state index is 11.8. The van der Waals surface area contributed by atoms with Gasteiger partial charge in [0, 0.05) is 23.8 Å². The molecule has 0 saturated carbocycles. The van der Waals surface area contributed by atoms with Gasteiger partial charge in [-0.2, -0.15) is 0 Å². The van der Waals surface area contributed by atoms with E-state index in [4.69, 9.17) is 5.73 Å². The summed E-state index contributed by atoms with van der Waals surface area (Å²) in [7, 11) is 0. The summed E-state index contributed by atoms with van der Waals surface area (Å²) < 4.78 is 0.774. The van der Waals surface area contributed by atoms with Crippen LogP contribution in [0.5, 0.6) is 0 Å². The minimum Gasteiger partial charge on any atom is -0.383 e. The number of rotatable bonds is 1. The van der Waals surface area contributed by atoms with Crippen LogP contribution in [0.1, 0.15) is 16.8 Å². The highest BCUT2D eigenvalue weighted by Gasteiger charge is 2.23. The fourth-order valence-electron chi connectivity index (χ4n) is 1.31. The Labute approximate surface area is 90.2 Å². The molecule has 1 saturated heterocycles. The van der Waals surface area contributed by atoms with E-state index in [-0.39, 0.29) is 5.91 Å². The van der Waals surface area contributed by atoms with E-state index in [1.165, 1.54) is 0 Å². The molecule has 0 aromatic carbocycles. The Morgan fingerprint density at radius 3 is 2.86 bits per heavy atom. The van der Waals surface area contributed by atoms with Gasteiger partial charge in [-0.25, -0.2) is 4.98 Å². The van der Waals surface area contributed by atoms with Crippen LogP contribution in [-0.4, -0.2) is 28.9 Å². The van der Waals surface area contributed by atoms with Crippen LogP contribution >= 0.6 is 15.9 Å². The third-order valence-corrected chi connectivity index (χ3v) is 2.69. The van der Waals surface area contributed by atoms with Gasteiger partial charge in [-0.3, -0.25) is 4.79 Å². The van der Waals surface area contributed by atoms with Crippen LogP contribution in [-0.2, 0) is 0 Å². The first-order valence-electron chi connectivity index (χ1n) is 4.39. The zero-order valence-electron chi connectivity index (χ0n) is 7.53. The number of hydrogen-bond donors (Lipinski definition) is 1. The largest absolute Gasteiger partial charge is 0.383 e. The third-order valence-electron chi connectivity index (χ3n) is 2.26. The Morgan fingerprint density at radius 1 is 1.57 bits per heavy atom. The van der Waals surface area contributed by atoms with Crippen molar-refractivity contribution in [3.63, 3.8) is 0 Å². The second kappa shape index (κ2) is 3.57. The molecule has 2 N–H and O–H groups in total. The first kappa shape index (κ1) is 9.45. The lowest BCUT2D eigenvalue weighted by Crippen LogP contribution is -2.42. The summed E-state index contributed by atoms with van der Waals surface area (Å²) in [6.45, 7) is 1.65. The second-order valence-electron chi connectivity index (χ2n) is 3.23. The van der Waals surface area contributed by atoms with Gasteiger partial charge < -0.3 is 10.6 Å². The van der Waals surface area contributed by atoms with E-state index in [9.17, 15) is 4.79 Å². The second-order valence-corrected chi connectivity index (χ2v) is 4.15. The SMILES string of the molecule is Nc1ncc(Br)cc1C(=O)N1CCC1. The number of amides is 1. The van der Waals surface area contributed by atoms with Gasteiger partial charge in [0.05, 0.1) is 5.56 Å². The van der Waals surface area contributed by atoms with Crippen LogP contribution in [0.2, 0.25) is 0 Å². The average molecular weight is 256 g/mol. The molecule has 1 aromatic rings. The maximum Gasteiger partial charge on any atom is 0.257 e. The van der Waals surface area contributed by atoms with Gasteiger partial charge in [0.2, 0.25) is 0 Å². The van der Waals surface area contributed by atoms with Crippen molar-refractivity contribution < 1.29 is 4.79 Å². The molecule has 0 atom stereocenters. The molecule has 4 nitrogen and oxygen atoms in total. The number of halogens is 1. The number of anilines is 1. The van der Waals surface area contributed by atoms with Crippen LogP contribution in [0.3, 0.4) is 0 Å². The molecular formula is C9H10BrN3O. The van der Waals surface area contributed by atoms with Crippen molar-refractivity contribution in [1.29, 1.82) is 0 Å². The number of nitrogens with zero attached hydrogens (tertiary/aromatic N) is 2. The van der Waals surface area contributed by atoms with Crippen molar-refractivity contribution in [2.24, 2.45) is 0 Å². The van der Waals surface area contributed by atoms with Crippen molar-refractivity contribution in [2.45, 2.75) is 6.42 Å². The van der Waals surface area contributed by atoms with E-state index in [2.05, 4.69) is 20.9 Å². The molecule has 0 aliphatic carbocycles. The van der Waals surface area contributed by atoms with E-state index < -0.39 is 0 Å². The number of hydrogen-bond acceptors (Lipinski definition) is 3. The standard InChI is InChI=1S/C9H10BrN3O/c10-6-4-7(8(11)12-5-6)9(14)13-2-1-3-13/h4-5H,1-3H2,(H2,11,12). The lowest BCUT2D eigenvalue weighted by atomic mass is 10.1. The molecule has 1 amide bonds. The summed E-state index contributed by atoms with van der Waals surface area (Å²) in [5.74, 6) is 0.271. The van der Waals surface area contributed by atoms with Gasteiger partial charge in [-0.05, 0) is 28.4 Å². The minimum atomic E-state index is -0.0254. The van der Waals surface area contributed by atoms with Crippen molar-refractivity contribution in [2.75, 3.05) is 18.8 Å². The minimum absolute atomic E-state index is 0.0254. The topological polar surface area (TPSA) is 59.2 Å². The number of carbonyl (C=O) groups is 1. The lowest BCUT2D eigenvalue weighted by molar-refractivity contribution is 0.0652. The zero-order valence-corrected chi connectivity index (χ0v) is 9.12. The summed E-state index contributed by atoms with van der Waals surface area (Å²) in [5.41, 5.74) is 6.11. The summed E-state index contributed by atoms with van der Waals surface area (Å²) in [4.78, 5) is 17.5. The van der Waals surface area contributed by atoms with Crippen LogP contribution < -0.4 is 5.73 Å². The molecule has 1 fully saturated rings. The number of carbonyl (C=O) groups excluding carboxylic acids is 1. The fraction of sp³-hybridized carbons (Fsp3) is 0.333. The summed E-state index contributed by atoms with van der Waals surface area (Å²) in [6.07, 6.45) is 2.66. The normalized spacial score (nSPS) is 15.1. The molecule has 1 aromatic heterocycles. The van der Waals surface area contributed by atoms with Gasteiger partial charge >= 0.3 is 0 Å². The Balaban J connectivity index is 2.29. The van der Waals surface area contributed by atoms with Gasteiger partial charge in [-0.15, -0.1) is 0 Å². The number of pyridine rings is 1. The molecule has 1 aliphatic rings. The Hall–Kier alpha value is -1.10. The molecule has 2 heterocycles. The van der Waals surface area contributed by atoms with Gasteiger partial charge in [0.15, 0.2) is 0 Å². The number of nitrogen functional groups attached to an aromatic ring is 1. The van der Waals surface area contributed by atoms with Crippen molar-refractivity contribution in [3.05, 3.63) is 22.3 Å². The number of aromatic nitrogens is 1. The molecule has 74 valence electrons. The molecule has 5 heteroatoms. The molecule has 0 bridgehead atoms. The predicted molar refractivity (Wildman–Crippen MR) is 56.9 cm³/mol. The van der Waals surface area contributed by atoms with Crippen molar-refractivity contribution in [3.8, 4) is 0 Å². The number of nitrogens with two attached hydrogens (primary N) is 1. The van der Waals surface area contributed by atoms with Crippen LogP contribution in [0.4, 0.5) is 5.82 Å². The first-order valence-corrected chi connectivity index (χ1v) is 5.18. The third kappa shape index (κ3) is 1.59. The molecular weight excluding hydrogens is 246 g/mol. The van der Waals surface area contributed by atoms with E-state index >= 15 is 0 Å². The van der Waals surface area contributed by atoms with E-state index in [1.807, 2.05) is 0 Å². The van der Waals surface area contributed by atoms with Crippen molar-refractivity contribution in [1.82, 2.24) is 9.88 Å². The summed E-state index contributed by atoms with van der Waals surface area (Å²) in [6, 6.07) is 1.71. The zero-order chi connectivity index (χ0) is 10.1. The van der Waals surface area contributed by atoms with E-state index in [1.54, 1.807) is 17.2 Å². The van der Waals surface area contributed by atoms with Crippen molar-refractivity contribution >= 4 is 27.7 Å². The summed E-state index contributed by atoms with van der Waals surface area (Å²) in [5, 5.41) is 0. The van der Waals surface area contributed by atoms with E-state index in [0.717, 1.165) is 24.0 Å². The van der Waals surface area contributed by atoms with Crippen LogP contribution in [0.25, 0.3) is 0 Å². The van der Waals surface area contributed by atoms with Crippen LogP contribution in [0.15, 0.2) is 16.7 Å². The molecule has 2 rings (SSSR count). The monoisotopic (exact) mass is 255 g/mol. The highest BCUT2D eigenvalue weighted by atomic mass is 79.9. The maximum absolute atomic E-state index is 11.8. The Bertz CT molecular complexity index is 376. The predicted octanol–water partition coefficient (Wildman–Crippen LogP) is 1.27. The highest BCUT2D eigenvalue weighted by Crippen LogP contribution is 2.19. The highest BCUT2D eigenvalue weighted by molar-refractivity contribution is 9.10. The average Bonchev–Trinajstić information content (AvgIpc) is 2.06. The fourth-order valence-corrected chi connectivity index (χ4v) is 1.64. The van der Waals surface area contributed by atoms with Crippen LogP contribution in [0, 0.1) is 0 Å². The Kier molecular flexibility index (Phi) is 2.41. The van der Waals surface area contributed by atoms with E-state index in [0.29, 0.717) is 11.4 Å². The summed E-state index contributed by atoms with van der Waals surface area (Å²) >= 11 is 3.26. The first-order chi connectivity index (χ1) is 6.68.